The second kappa shape index (κ2) is 8.23. The molecular formula is C23H34O2. The Morgan fingerprint density at radius 3 is 2.16 bits per heavy atom. The first-order chi connectivity index (χ1) is 11.7. The molecule has 2 aromatic rings. The van der Waals surface area contributed by atoms with Crippen molar-refractivity contribution in [1.82, 2.24) is 0 Å². The van der Waals surface area contributed by atoms with E-state index >= 15 is 0 Å². The second-order valence-electron chi connectivity index (χ2n) is 8.42. The molecule has 0 saturated heterocycles. The summed E-state index contributed by atoms with van der Waals surface area (Å²) in [7, 11) is 0. The van der Waals surface area contributed by atoms with Gasteiger partial charge in [-0.15, -0.1) is 0 Å². The number of benzene rings is 2. The third kappa shape index (κ3) is 6.04. The molecule has 0 radical (unpaired) electrons. The Morgan fingerprint density at radius 2 is 1.56 bits per heavy atom. The highest BCUT2D eigenvalue weighted by atomic mass is 16.7. The highest BCUT2D eigenvalue weighted by molar-refractivity contribution is 5.84. The van der Waals surface area contributed by atoms with Crippen molar-refractivity contribution in [2.45, 2.75) is 79.1 Å². The fourth-order valence-electron chi connectivity index (χ4n) is 3.39. The number of hydrogen-bond donors (Lipinski definition) is 0. The molecule has 25 heavy (non-hydrogen) atoms. The van der Waals surface area contributed by atoms with Gasteiger partial charge in [0.15, 0.2) is 6.29 Å². The van der Waals surface area contributed by atoms with Gasteiger partial charge in [-0.2, -0.15) is 0 Å². The second-order valence-corrected chi connectivity index (χ2v) is 8.42. The van der Waals surface area contributed by atoms with Gasteiger partial charge in [0.05, 0.1) is 5.60 Å². The van der Waals surface area contributed by atoms with Crippen molar-refractivity contribution in [3.63, 3.8) is 0 Å². The average Bonchev–Trinajstić information content (AvgIpc) is 2.50. The first-order valence-corrected chi connectivity index (χ1v) is 9.56. The van der Waals surface area contributed by atoms with E-state index in [1.54, 1.807) is 0 Å². The van der Waals surface area contributed by atoms with Crippen LogP contribution in [0.2, 0.25) is 0 Å². The molecule has 0 amide bonds. The molecule has 2 aromatic carbocycles. The maximum Gasteiger partial charge on any atom is 0.197 e. The van der Waals surface area contributed by atoms with E-state index < -0.39 is 0 Å². The molecule has 0 bridgehead atoms. The van der Waals surface area contributed by atoms with E-state index in [0.29, 0.717) is 5.92 Å². The van der Waals surface area contributed by atoms with Crippen LogP contribution in [-0.4, -0.2) is 11.9 Å². The Balaban J connectivity index is 2.17. The van der Waals surface area contributed by atoms with Crippen molar-refractivity contribution in [3.05, 3.63) is 42.0 Å². The Bertz CT molecular complexity index is 682. The van der Waals surface area contributed by atoms with Crippen LogP contribution in [0.4, 0.5) is 0 Å². The molecule has 2 rings (SSSR count). The fraction of sp³-hybridized carbons (Fsp3) is 0.565. The summed E-state index contributed by atoms with van der Waals surface area (Å²) >= 11 is 0. The minimum Gasteiger partial charge on any atom is -0.465 e. The lowest BCUT2D eigenvalue weighted by Gasteiger charge is -2.25. The van der Waals surface area contributed by atoms with Gasteiger partial charge < -0.3 is 9.47 Å². The van der Waals surface area contributed by atoms with E-state index in [0.717, 1.165) is 11.7 Å². The van der Waals surface area contributed by atoms with E-state index in [4.69, 9.17) is 9.47 Å². The molecule has 0 aromatic heterocycles. The minimum atomic E-state index is -0.271. The van der Waals surface area contributed by atoms with Gasteiger partial charge in [0, 0.05) is 0 Å². The van der Waals surface area contributed by atoms with Crippen LogP contribution in [0.5, 0.6) is 5.75 Å². The molecule has 0 aliphatic carbocycles. The first-order valence-electron chi connectivity index (χ1n) is 9.56. The topological polar surface area (TPSA) is 18.5 Å². The molecular weight excluding hydrogens is 308 g/mol. The zero-order chi connectivity index (χ0) is 18.6. The Labute approximate surface area is 153 Å². The molecule has 0 aliphatic rings. The summed E-state index contributed by atoms with van der Waals surface area (Å²) in [4.78, 5) is 0. The Kier molecular flexibility index (Phi) is 6.51. The molecule has 0 saturated carbocycles. The third-order valence-corrected chi connectivity index (χ3v) is 4.38. The normalized spacial score (nSPS) is 14.7. The van der Waals surface area contributed by atoms with E-state index in [1.165, 1.54) is 29.2 Å². The summed E-state index contributed by atoms with van der Waals surface area (Å²) in [6.45, 7) is 14.9. The van der Waals surface area contributed by atoms with Crippen LogP contribution < -0.4 is 4.74 Å². The van der Waals surface area contributed by atoms with Gasteiger partial charge in [-0.05, 0) is 80.8 Å². The molecule has 138 valence electrons. The lowest BCUT2D eigenvalue weighted by Crippen LogP contribution is -2.29. The molecule has 0 aliphatic heterocycles. The van der Waals surface area contributed by atoms with Gasteiger partial charge in [0.25, 0.3) is 0 Å². The van der Waals surface area contributed by atoms with E-state index in [2.05, 4.69) is 51.1 Å². The molecule has 0 heterocycles. The van der Waals surface area contributed by atoms with Crippen LogP contribution in [0.3, 0.4) is 0 Å². The van der Waals surface area contributed by atoms with Gasteiger partial charge in [-0.3, -0.25) is 0 Å². The Hall–Kier alpha value is -1.54. The molecule has 2 unspecified atom stereocenters. The number of ether oxygens (including phenoxy) is 2. The number of hydrogen-bond acceptors (Lipinski definition) is 2. The van der Waals surface area contributed by atoms with Crippen molar-refractivity contribution in [1.29, 1.82) is 0 Å². The summed E-state index contributed by atoms with van der Waals surface area (Å²) in [5.74, 6) is 2.22. The zero-order valence-electron chi connectivity index (χ0n) is 16.9. The summed E-state index contributed by atoms with van der Waals surface area (Å²) in [5.41, 5.74) is 1.23. The molecule has 0 spiro atoms. The van der Waals surface area contributed by atoms with Crippen LogP contribution in [0, 0.1) is 5.92 Å². The quantitative estimate of drug-likeness (QED) is 0.508. The van der Waals surface area contributed by atoms with Crippen LogP contribution in [0.15, 0.2) is 36.4 Å². The van der Waals surface area contributed by atoms with Crippen LogP contribution in [0.1, 0.15) is 72.8 Å². The van der Waals surface area contributed by atoms with Gasteiger partial charge in [0.2, 0.25) is 0 Å². The van der Waals surface area contributed by atoms with Crippen LogP contribution in [0.25, 0.3) is 10.8 Å². The SMILES string of the molecule is CCC(CC(C)C)c1ccc2cc(OC(C)OC(C)(C)C)ccc2c1. The maximum absolute atomic E-state index is 5.93. The van der Waals surface area contributed by atoms with E-state index in [9.17, 15) is 0 Å². The van der Waals surface area contributed by atoms with Crippen molar-refractivity contribution >= 4 is 10.8 Å². The largest absolute Gasteiger partial charge is 0.465 e. The van der Waals surface area contributed by atoms with Gasteiger partial charge >= 0.3 is 0 Å². The lowest BCUT2D eigenvalue weighted by atomic mass is 9.87. The minimum absolute atomic E-state index is 0.212. The molecule has 0 N–H and O–H groups in total. The Morgan fingerprint density at radius 1 is 0.920 bits per heavy atom. The summed E-state index contributed by atoms with van der Waals surface area (Å²) in [6, 6.07) is 13.1. The predicted octanol–water partition coefficient (Wildman–Crippen LogP) is 6.92. The molecule has 2 nitrogen and oxygen atoms in total. The lowest BCUT2D eigenvalue weighted by molar-refractivity contribution is -0.140. The zero-order valence-corrected chi connectivity index (χ0v) is 16.9. The molecule has 2 atom stereocenters. The van der Waals surface area contributed by atoms with Crippen molar-refractivity contribution in [2.24, 2.45) is 5.92 Å². The number of rotatable bonds is 7. The summed E-state index contributed by atoms with van der Waals surface area (Å²) in [5, 5.41) is 2.49. The summed E-state index contributed by atoms with van der Waals surface area (Å²) < 4.78 is 11.8. The van der Waals surface area contributed by atoms with Crippen LogP contribution in [-0.2, 0) is 4.74 Å². The van der Waals surface area contributed by atoms with Crippen molar-refractivity contribution < 1.29 is 9.47 Å². The first kappa shape index (κ1) is 19.8. The summed E-state index contributed by atoms with van der Waals surface area (Å²) in [6.07, 6.45) is 2.16. The number of fused-ring (bicyclic) bond motifs is 1. The smallest absolute Gasteiger partial charge is 0.197 e. The van der Waals surface area contributed by atoms with Crippen molar-refractivity contribution in [2.75, 3.05) is 0 Å². The standard InChI is InChI=1S/C23H34O2/c1-8-18(13-16(2)3)19-9-10-21-15-22(12-11-20(21)14-19)24-17(4)25-23(5,6)7/h9-12,14-18H,8,13H2,1-7H3. The predicted molar refractivity (Wildman–Crippen MR) is 107 cm³/mol. The van der Waals surface area contributed by atoms with Gasteiger partial charge in [-0.25, -0.2) is 0 Å². The molecule has 2 heteroatoms. The van der Waals surface area contributed by atoms with Crippen molar-refractivity contribution in [3.8, 4) is 5.75 Å². The monoisotopic (exact) mass is 342 g/mol. The third-order valence-electron chi connectivity index (χ3n) is 4.38. The average molecular weight is 343 g/mol. The maximum atomic E-state index is 5.93. The van der Waals surface area contributed by atoms with E-state index in [-0.39, 0.29) is 11.9 Å². The highest BCUT2D eigenvalue weighted by Crippen LogP contribution is 2.31. The fourth-order valence-corrected chi connectivity index (χ4v) is 3.39. The van der Waals surface area contributed by atoms with E-state index in [1.807, 2.05) is 33.8 Å². The van der Waals surface area contributed by atoms with Crippen LogP contribution >= 0.6 is 0 Å². The highest BCUT2D eigenvalue weighted by Gasteiger charge is 2.16. The van der Waals surface area contributed by atoms with Gasteiger partial charge in [0.1, 0.15) is 5.75 Å². The van der Waals surface area contributed by atoms with Gasteiger partial charge in [-0.1, -0.05) is 45.0 Å². The molecule has 0 fully saturated rings.